The molecule has 0 saturated carbocycles. The van der Waals surface area contributed by atoms with Crippen molar-refractivity contribution in [3.05, 3.63) is 29.8 Å². The smallest absolute Gasteiger partial charge is 0.0400 e. The Morgan fingerprint density at radius 2 is 2.06 bits per heavy atom. The summed E-state index contributed by atoms with van der Waals surface area (Å²) in [6.45, 7) is 9.28. The molecular weight excluding hydrogens is 220 g/mol. The van der Waals surface area contributed by atoms with Crippen LogP contribution in [0.2, 0.25) is 0 Å². The van der Waals surface area contributed by atoms with Gasteiger partial charge in [-0.3, -0.25) is 0 Å². The first-order valence-corrected chi connectivity index (χ1v) is 7.02. The molecule has 2 heteroatoms. The molecule has 1 aliphatic rings. The second-order valence-corrected chi connectivity index (χ2v) is 6.17. The fraction of sp³-hybridized carbons (Fsp3) is 0.625. The van der Waals surface area contributed by atoms with E-state index in [4.69, 9.17) is 0 Å². The largest absolute Gasteiger partial charge is 0.366 e. The van der Waals surface area contributed by atoms with Gasteiger partial charge in [0, 0.05) is 17.8 Å². The number of para-hydroxylation sites is 1. The van der Waals surface area contributed by atoms with Gasteiger partial charge in [0.15, 0.2) is 0 Å². The highest BCUT2D eigenvalue weighted by atomic mass is 15.2. The van der Waals surface area contributed by atoms with Crippen LogP contribution in [0.25, 0.3) is 0 Å². The summed E-state index contributed by atoms with van der Waals surface area (Å²) in [5.74, 6) is 0.810. The van der Waals surface area contributed by atoms with Crippen molar-refractivity contribution >= 4 is 5.69 Å². The fourth-order valence-corrected chi connectivity index (χ4v) is 3.31. The van der Waals surface area contributed by atoms with Crippen LogP contribution in [0.5, 0.6) is 0 Å². The van der Waals surface area contributed by atoms with E-state index >= 15 is 0 Å². The molecular formula is C16H26N2. The number of nitrogens with zero attached hydrogens (tertiary/aromatic N) is 1. The number of rotatable bonds is 3. The molecule has 2 nitrogen and oxygen atoms in total. The zero-order valence-corrected chi connectivity index (χ0v) is 12.2. The predicted molar refractivity (Wildman–Crippen MR) is 79.3 cm³/mol. The van der Waals surface area contributed by atoms with Gasteiger partial charge < -0.3 is 10.2 Å². The van der Waals surface area contributed by atoms with Crippen LogP contribution in [0.15, 0.2) is 24.3 Å². The van der Waals surface area contributed by atoms with E-state index in [9.17, 15) is 0 Å². The molecule has 1 N–H and O–H groups in total. The molecule has 100 valence electrons. The third kappa shape index (κ3) is 2.69. The molecule has 18 heavy (non-hydrogen) atoms. The van der Waals surface area contributed by atoms with Gasteiger partial charge in [-0.1, -0.05) is 18.2 Å². The summed E-state index contributed by atoms with van der Waals surface area (Å²) in [6, 6.07) is 8.75. The van der Waals surface area contributed by atoms with Gasteiger partial charge in [0.25, 0.3) is 0 Å². The molecule has 2 rings (SSSR count). The summed E-state index contributed by atoms with van der Waals surface area (Å²) in [6.07, 6.45) is 2.56. The lowest BCUT2D eigenvalue weighted by molar-refractivity contribution is 0.270. The van der Waals surface area contributed by atoms with Crippen molar-refractivity contribution < 1.29 is 0 Å². The summed E-state index contributed by atoms with van der Waals surface area (Å²) in [4.78, 5) is 2.59. The van der Waals surface area contributed by atoms with Crippen LogP contribution < -0.4 is 10.2 Å². The van der Waals surface area contributed by atoms with Crippen molar-refractivity contribution in [3.63, 3.8) is 0 Å². The lowest BCUT2D eigenvalue weighted by atomic mass is 9.82. The Kier molecular flexibility index (Phi) is 3.96. The van der Waals surface area contributed by atoms with Crippen molar-refractivity contribution in [3.8, 4) is 0 Å². The lowest BCUT2D eigenvalue weighted by Crippen LogP contribution is -2.51. The van der Waals surface area contributed by atoms with Crippen LogP contribution in [-0.4, -0.2) is 25.7 Å². The van der Waals surface area contributed by atoms with E-state index in [1.807, 2.05) is 0 Å². The van der Waals surface area contributed by atoms with E-state index in [-0.39, 0.29) is 5.54 Å². The maximum absolute atomic E-state index is 3.32. The zero-order valence-electron chi connectivity index (χ0n) is 12.2. The molecule has 1 saturated heterocycles. The zero-order chi connectivity index (χ0) is 13.2. The van der Waals surface area contributed by atoms with E-state index in [1.165, 1.54) is 30.6 Å². The maximum Gasteiger partial charge on any atom is 0.0400 e. The van der Waals surface area contributed by atoms with Crippen LogP contribution in [0, 0.1) is 12.8 Å². The highest BCUT2D eigenvalue weighted by molar-refractivity contribution is 5.55. The first-order chi connectivity index (χ1) is 8.54. The molecule has 1 aromatic carbocycles. The second-order valence-electron chi connectivity index (χ2n) is 6.17. The monoisotopic (exact) mass is 246 g/mol. The predicted octanol–water partition coefficient (Wildman–Crippen LogP) is 3.21. The molecule has 0 radical (unpaired) electrons. The maximum atomic E-state index is 3.32. The van der Waals surface area contributed by atoms with Crippen LogP contribution in [-0.2, 0) is 0 Å². The fourth-order valence-electron chi connectivity index (χ4n) is 3.31. The van der Waals surface area contributed by atoms with Crippen molar-refractivity contribution in [2.24, 2.45) is 5.92 Å². The van der Waals surface area contributed by atoms with Gasteiger partial charge in [-0.2, -0.15) is 0 Å². The van der Waals surface area contributed by atoms with E-state index in [1.54, 1.807) is 0 Å². The average molecular weight is 246 g/mol. The third-order valence-electron chi connectivity index (χ3n) is 4.18. The quantitative estimate of drug-likeness (QED) is 0.881. The molecule has 1 heterocycles. The molecule has 0 amide bonds. The molecule has 0 aliphatic carbocycles. The number of aryl methyl sites for hydroxylation is 1. The first-order valence-electron chi connectivity index (χ1n) is 7.02. The number of hydrogen-bond acceptors (Lipinski definition) is 2. The SMILES string of the molecule is CNCC1CCN(c2ccccc2C)C(C)(C)C1. The van der Waals surface area contributed by atoms with Crippen LogP contribution >= 0.6 is 0 Å². The Bertz CT molecular complexity index is 398. The van der Waals surface area contributed by atoms with Gasteiger partial charge in [-0.15, -0.1) is 0 Å². The van der Waals surface area contributed by atoms with E-state index < -0.39 is 0 Å². The average Bonchev–Trinajstić information content (AvgIpc) is 2.30. The second kappa shape index (κ2) is 5.31. The Labute approximate surface area is 111 Å². The standard InChI is InChI=1S/C16H26N2/c1-13-7-5-6-8-15(13)18-10-9-14(12-17-4)11-16(18,2)3/h5-8,14,17H,9-12H2,1-4H3. The minimum absolute atomic E-state index is 0.256. The molecule has 1 atom stereocenters. The molecule has 0 aromatic heterocycles. The molecule has 0 spiro atoms. The summed E-state index contributed by atoms with van der Waals surface area (Å²) in [7, 11) is 2.06. The van der Waals surface area contributed by atoms with Crippen LogP contribution in [0.4, 0.5) is 5.69 Å². The van der Waals surface area contributed by atoms with E-state index in [0.717, 1.165) is 12.5 Å². The van der Waals surface area contributed by atoms with Crippen molar-refractivity contribution in [2.75, 3.05) is 25.0 Å². The normalized spacial score (nSPS) is 23.1. The minimum atomic E-state index is 0.256. The number of anilines is 1. The van der Waals surface area contributed by atoms with Crippen molar-refractivity contribution in [1.29, 1.82) is 0 Å². The van der Waals surface area contributed by atoms with Crippen molar-refractivity contribution in [1.82, 2.24) is 5.32 Å². The Hall–Kier alpha value is -1.02. The Morgan fingerprint density at radius 1 is 1.33 bits per heavy atom. The lowest BCUT2D eigenvalue weighted by Gasteiger charge is -2.47. The minimum Gasteiger partial charge on any atom is -0.366 e. The summed E-state index contributed by atoms with van der Waals surface area (Å²) in [5.41, 5.74) is 3.05. The first kappa shape index (κ1) is 13.4. The number of benzene rings is 1. The number of piperidine rings is 1. The van der Waals surface area contributed by atoms with E-state index in [0.29, 0.717) is 0 Å². The summed E-state index contributed by atoms with van der Waals surface area (Å²) >= 11 is 0. The summed E-state index contributed by atoms with van der Waals surface area (Å²) < 4.78 is 0. The van der Waals surface area contributed by atoms with Gasteiger partial charge in [-0.05, 0) is 64.8 Å². The van der Waals surface area contributed by atoms with Gasteiger partial charge in [0.05, 0.1) is 0 Å². The molecule has 1 fully saturated rings. The van der Waals surface area contributed by atoms with Crippen molar-refractivity contribution in [2.45, 2.75) is 39.2 Å². The number of nitrogens with one attached hydrogen (secondary N) is 1. The molecule has 1 unspecified atom stereocenters. The third-order valence-corrected chi connectivity index (χ3v) is 4.18. The molecule has 1 aromatic rings. The van der Waals surface area contributed by atoms with Gasteiger partial charge in [0.1, 0.15) is 0 Å². The van der Waals surface area contributed by atoms with Crippen LogP contribution in [0.3, 0.4) is 0 Å². The van der Waals surface area contributed by atoms with E-state index in [2.05, 4.69) is 62.3 Å². The van der Waals surface area contributed by atoms with Gasteiger partial charge >= 0.3 is 0 Å². The Morgan fingerprint density at radius 3 is 2.67 bits per heavy atom. The topological polar surface area (TPSA) is 15.3 Å². The highest BCUT2D eigenvalue weighted by Crippen LogP contribution is 2.36. The van der Waals surface area contributed by atoms with Gasteiger partial charge in [0.2, 0.25) is 0 Å². The van der Waals surface area contributed by atoms with Crippen LogP contribution in [0.1, 0.15) is 32.3 Å². The summed E-state index contributed by atoms with van der Waals surface area (Å²) in [5, 5.41) is 3.32. The highest BCUT2D eigenvalue weighted by Gasteiger charge is 2.34. The molecule has 0 bridgehead atoms. The van der Waals surface area contributed by atoms with Gasteiger partial charge in [-0.25, -0.2) is 0 Å². The number of hydrogen-bond donors (Lipinski definition) is 1. The molecule has 1 aliphatic heterocycles. The Balaban J connectivity index is 2.18.